The summed E-state index contributed by atoms with van der Waals surface area (Å²) in [5, 5.41) is 2.61. The maximum atomic E-state index is 13.6. The summed E-state index contributed by atoms with van der Waals surface area (Å²) >= 11 is 3.22. The highest BCUT2D eigenvalue weighted by Crippen LogP contribution is 2.24. The first kappa shape index (κ1) is 14.8. The number of nitrogens with one attached hydrogen (secondary N) is 1. The van der Waals surface area contributed by atoms with Gasteiger partial charge in [0.05, 0.1) is 5.69 Å². The summed E-state index contributed by atoms with van der Waals surface area (Å²) in [5.41, 5.74) is -0.191. The predicted octanol–water partition coefficient (Wildman–Crippen LogP) is 4.52. The number of nitrogens with zero attached hydrogens (tertiary/aromatic N) is 2. The molecule has 7 heteroatoms. The van der Waals surface area contributed by atoms with Gasteiger partial charge >= 0.3 is 0 Å². The zero-order valence-corrected chi connectivity index (χ0v) is 12.3. The van der Waals surface area contributed by atoms with Crippen molar-refractivity contribution < 1.29 is 13.2 Å². The fourth-order valence-electron chi connectivity index (χ4n) is 1.52. The number of rotatable bonds is 3. The first-order valence-electron chi connectivity index (χ1n) is 5.83. The second kappa shape index (κ2) is 5.78. The van der Waals surface area contributed by atoms with Gasteiger partial charge in [0.15, 0.2) is 17.5 Å². The monoisotopic (exact) mass is 345 g/mol. The molecule has 2 aromatic rings. The highest BCUT2D eigenvalue weighted by atomic mass is 79.9. The van der Waals surface area contributed by atoms with Gasteiger partial charge in [-0.3, -0.25) is 0 Å². The van der Waals surface area contributed by atoms with E-state index in [0.29, 0.717) is 16.2 Å². The second-order valence-corrected chi connectivity index (χ2v) is 5.25. The Balaban J connectivity index is 2.37. The molecular weight excluding hydrogens is 335 g/mol. The molecule has 0 unspecified atom stereocenters. The SMILES string of the molecule is CC(C)c1nc(Br)cc(Nc2ccc(F)c(F)c2F)n1. The molecule has 0 aliphatic heterocycles. The Labute approximate surface area is 122 Å². The highest BCUT2D eigenvalue weighted by Gasteiger charge is 2.14. The van der Waals surface area contributed by atoms with Crippen LogP contribution in [-0.4, -0.2) is 9.97 Å². The maximum absolute atomic E-state index is 13.6. The minimum absolute atomic E-state index is 0.0721. The molecule has 0 aliphatic carbocycles. The highest BCUT2D eigenvalue weighted by molar-refractivity contribution is 9.10. The van der Waals surface area contributed by atoms with Gasteiger partial charge in [0, 0.05) is 12.0 Å². The summed E-state index contributed by atoms with van der Waals surface area (Å²) in [5.74, 6) is -3.13. The first-order valence-corrected chi connectivity index (χ1v) is 6.62. The molecule has 0 saturated heterocycles. The molecule has 2 rings (SSSR count). The van der Waals surface area contributed by atoms with E-state index in [1.54, 1.807) is 0 Å². The van der Waals surface area contributed by atoms with Crippen molar-refractivity contribution in [1.82, 2.24) is 9.97 Å². The topological polar surface area (TPSA) is 37.8 Å². The third kappa shape index (κ3) is 3.09. The number of anilines is 2. The van der Waals surface area contributed by atoms with Crippen molar-refractivity contribution in [3.8, 4) is 0 Å². The summed E-state index contributed by atoms with van der Waals surface area (Å²) in [7, 11) is 0. The van der Waals surface area contributed by atoms with Gasteiger partial charge in [-0.2, -0.15) is 0 Å². The normalized spacial score (nSPS) is 10.9. The number of hydrogen-bond acceptors (Lipinski definition) is 3. The average Bonchev–Trinajstić information content (AvgIpc) is 2.39. The smallest absolute Gasteiger partial charge is 0.196 e. The average molecular weight is 346 g/mol. The lowest BCUT2D eigenvalue weighted by Crippen LogP contribution is -2.04. The Hall–Kier alpha value is -1.63. The van der Waals surface area contributed by atoms with Gasteiger partial charge in [0.2, 0.25) is 0 Å². The molecule has 0 bridgehead atoms. The number of aromatic nitrogens is 2. The van der Waals surface area contributed by atoms with Gasteiger partial charge in [-0.15, -0.1) is 0 Å². The molecule has 1 aromatic heterocycles. The van der Waals surface area contributed by atoms with Gasteiger partial charge in [-0.25, -0.2) is 23.1 Å². The molecule has 0 aliphatic rings. The first-order chi connectivity index (χ1) is 9.38. The van der Waals surface area contributed by atoms with Gasteiger partial charge < -0.3 is 5.32 Å². The molecule has 1 heterocycles. The molecule has 1 N–H and O–H groups in total. The number of benzene rings is 1. The fraction of sp³-hybridized carbons (Fsp3) is 0.231. The van der Waals surface area contributed by atoms with Crippen molar-refractivity contribution in [3.05, 3.63) is 46.1 Å². The number of halogens is 4. The summed E-state index contributed by atoms with van der Waals surface area (Å²) in [6.07, 6.45) is 0. The minimum atomic E-state index is -1.52. The molecule has 0 spiro atoms. The van der Waals surface area contributed by atoms with Gasteiger partial charge in [0.25, 0.3) is 0 Å². The van der Waals surface area contributed by atoms with Crippen LogP contribution in [0.15, 0.2) is 22.8 Å². The molecule has 0 radical (unpaired) electrons. The molecule has 106 valence electrons. The van der Waals surface area contributed by atoms with Crippen molar-refractivity contribution >= 4 is 27.4 Å². The van der Waals surface area contributed by atoms with Crippen LogP contribution in [0.5, 0.6) is 0 Å². The van der Waals surface area contributed by atoms with E-state index in [1.807, 2.05) is 13.8 Å². The van der Waals surface area contributed by atoms with E-state index in [1.165, 1.54) is 6.07 Å². The zero-order chi connectivity index (χ0) is 14.9. The molecule has 0 atom stereocenters. The van der Waals surface area contributed by atoms with E-state index in [0.717, 1.165) is 12.1 Å². The molecule has 0 fully saturated rings. The molecule has 1 aromatic carbocycles. The second-order valence-electron chi connectivity index (χ2n) is 4.44. The molecule has 0 amide bonds. The van der Waals surface area contributed by atoms with Crippen LogP contribution in [0.3, 0.4) is 0 Å². The van der Waals surface area contributed by atoms with Crippen LogP contribution in [0, 0.1) is 17.5 Å². The Morgan fingerprint density at radius 1 is 1.10 bits per heavy atom. The zero-order valence-electron chi connectivity index (χ0n) is 10.7. The van der Waals surface area contributed by atoms with Gasteiger partial charge in [0.1, 0.15) is 16.2 Å². The van der Waals surface area contributed by atoms with E-state index in [-0.39, 0.29) is 11.6 Å². The van der Waals surface area contributed by atoms with Crippen LogP contribution in [0.2, 0.25) is 0 Å². The van der Waals surface area contributed by atoms with Gasteiger partial charge in [-0.1, -0.05) is 13.8 Å². The van der Waals surface area contributed by atoms with E-state index in [2.05, 4.69) is 31.2 Å². The van der Waals surface area contributed by atoms with Crippen LogP contribution in [0.1, 0.15) is 25.6 Å². The molecule has 0 saturated carbocycles. The third-order valence-corrected chi connectivity index (χ3v) is 2.93. The van der Waals surface area contributed by atoms with E-state index in [9.17, 15) is 13.2 Å². The Morgan fingerprint density at radius 2 is 1.80 bits per heavy atom. The van der Waals surface area contributed by atoms with Gasteiger partial charge in [-0.05, 0) is 28.1 Å². The lowest BCUT2D eigenvalue weighted by molar-refractivity contribution is 0.449. The third-order valence-electron chi connectivity index (χ3n) is 2.53. The summed E-state index contributed by atoms with van der Waals surface area (Å²) in [6.45, 7) is 3.81. The lowest BCUT2D eigenvalue weighted by atomic mass is 10.2. The fourth-order valence-corrected chi connectivity index (χ4v) is 1.92. The maximum Gasteiger partial charge on any atom is 0.196 e. The lowest BCUT2D eigenvalue weighted by Gasteiger charge is -2.10. The van der Waals surface area contributed by atoms with Crippen molar-refractivity contribution in [1.29, 1.82) is 0 Å². The van der Waals surface area contributed by atoms with Crippen LogP contribution >= 0.6 is 15.9 Å². The van der Waals surface area contributed by atoms with E-state index in [4.69, 9.17) is 0 Å². The van der Waals surface area contributed by atoms with Crippen LogP contribution in [-0.2, 0) is 0 Å². The molecule has 3 nitrogen and oxygen atoms in total. The Kier molecular flexibility index (Phi) is 4.27. The van der Waals surface area contributed by atoms with Crippen molar-refractivity contribution in [3.63, 3.8) is 0 Å². The Morgan fingerprint density at radius 3 is 2.45 bits per heavy atom. The van der Waals surface area contributed by atoms with E-state index >= 15 is 0 Å². The number of hydrogen-bond donors (Lipinski definition) is 1. The van der Waals surface area contributed by atoms with Crippen molar-refractivity contribution in [2.24, 2.45) is 0 Å². The summed E-state index contributed by atoms with van der Waals surface area (Å²) < 4.78 is 40.1. The quantitative estimate of drug-likeness (QED) is 0.656. The van der Waals surface area contributed by atoms with E-state index < -0.39 is 17.5 Å². The largest absolute Gasteiger partial charge is 0.338 e. The Bertz CT molecular complexity index is 647. The van der Waals surface area contributed by atoms with Crippen LogP contribution < -0.4 is 5.32 Å². The molecular formula is C13H11BrF3N3. The molecule has 20 heavy (non-hydrogen) atoms. The van der Waals surface area contributed by atoms with Crippen LogP contribution in [0.25, 0.3) is 0 Å². The van der Waals surface area contributed by atoms with Crippen molar-refractivity contribution in [2.75, 3.05) is 5.32 Å². The van der Waals surface area contributed by atoms with Crippen molar-refractivity contribution in [2.45, 2.75) is 19.8 Å². The minimum Gasteiger partial charge on any atom is -0.338 e. The van der Waals surface area contributed by atoms with Crippen LogP contribution in [0.4, 0.5) is 24.7 Å². The summed E-state index contributed by atoms with van der Waals surface area (Å²) in [6, 6.07) is 3.48. The summed E-state index contributed by atoms with van der Waals surface area (Å²) in [4.78, 5) is 8.35. The standard InChI is InChI=1S/C13H11BrF3N3/c1-6(2)13-19-9(14)5-10(20-13)18-8-4-3-7(15)11(16)12(8)17/h3-6H,1-2H3,(H,18,19,20). The predicted molar refractivity (Wildman–Crippen MR) is 73.4 cm³/mol.